The Balaban J connectivity index is 1.64. The summed E-state index contributed by atoms with van der Waals surface area (Å²) in [5, 5.41) is 6.04. The lowest BCUT2D eigenvalue weighted by molar-refractivity contribution is -0.128. The number of nitrogens with one attached hydrogen (secondary N) is 2. The number of furan rings is 1. The van der Waals surface area contributed by atoms with Crippen LogP contribution in [0.4, 0.5) is 4.79 Å². The third-order valence-electron chi connectivity index (χ3n) is 5.69. The van der Waals surface area contributed by atoms with Gasteiger partial charge < -0.3 is 19.8 Å². The van der Waals surface area contributed by atoms with Crippen LogP contribution < -0.4 is 10.6 Å². The van der Waals surface area contributed by atoms with E-state index in [1.165, 1.54) is 11.8 Å². The minimum absolute atomic E-state index is 0.0243. The van der Waals surface area contributed by atoms with Gasteiger partial charge in [0.15, 0.2) is 5.78 Å². The molecule has 0 saturated carbocycles. The molecular formula is C29H33ClN2O5S. The average Bonchev–Trinajstić information content (AvgIpc) is 3.41. The monoisotopic (exact) mass is 556 g/mol. The second-order valence-electron chi connectivity index (χ2n) is 9.28. The van der Waals surface area contributed by atoms with Crippen molar-refractivity contribution in [2.45, 2.75) is 51.1 Å². The number of hydrogen-bond donors (Lipinski definition) is 2. The number of halogens is 1. The first-order chi connectivity index (χ1) is 18.3. The first-order valence-corrected chi connectivity index (χ1v) is 14.0. The number of amides is 2. The molecule has 3 aromatic rings. The van der Waals surface area contributed by atoms with E-state index < -0.39 is 24.1 Å². The van der Waals surface area contributed by atoms with Crippen molar-refractivity contribution in [3.63, 3.8) is 0 Å². The number of carbonyl (C=O) groups excluding carboxylic acids is 3. The zero-order valence-corrected chi connectivity index (χ0v) is 23.1. The van der Waals surface area contributed by atoms with Crippen LogP contribution in [0.1, 0.15) is 37.2 Å². The number of hydrogen-bond acceptors (Lipinski definition) is 6. The molecule has 0 fully saturated rings. The number of ether oxygens (including phenoxy) is 1. The van der Waals surface area contributed by atoms with Gasteiger partial charge in [0.1, 0.15) is 18.4 Å². The van der Waals surface area contributed by atoms with Crippen molar-refractivity contribution in [2.75, 3.05) is 5.75 Å². The number of rotatable bonds is 14. The number of benzene rings is 2. The van der Waals surface area contributed by atoms with Crippen LogP contribution in [0.2, 0.25) is 5.02 Å². The van der Waals surface area contributed by atoms with Crippen molar-refractivity contribution in [3.05, 3.63) is 94.9 Å². The van der Waals surface area contributed by atoms with Crippen LogP contribution >= 0.6 is 23.4 Å². The summed E-state index contributed by atoms with van der Waals surface area (Å²) < 4.78 is 10.6. The average molecular weight is 557 g/mol. The van der Waals surface area contributed by atoms with Gasteiger partial charge in [-0.2, -0.15) is 0 Å². The standard InChI is InChI=1S/C29H33ClN2O5S/c1-20(2)15-26(32-29(35)37-17-22-11-6-7-13-24(22)30)28(34)31-25(16-21-9-4-3-5-10-21)27(33)19-38-18-23-12-8-14-36-23/h3-14,20,25-26H,15-19H2,1-2H3,(H,31,34)(H,32,35)/t25-,26-/m0/s1. The Morgan fingerprint density at radius 1 is 0.947 bits per heavy atom. The third kappa shape index (κ3) is 9.91. The Labute approximate surface area is 232 Å². The van der Waals surface area contributed by atoms with Crippen molar-refractivity contribution in [2.24, 2.45) is 5.92 Å². The summed E-state index contributed by atoms with van der Waals surface area (Å²) in [7, 11) is 0. The molecule has 0 unspecified atom stereocenters. The maximum absolute atomic E-state index is 13.3. The molecule has 202 valence electrons. The molecule has 9 heteroatoms. The molecule has 0 aliphatic heterocycles. The molecule has 2 amide bonds. The molecule has 0 spiro atoms. The van der Waals surface area contributed by atoms with Crippen LogP contribution in [0.3, 0.4) is 0 Å². The van der Waals surface area contributed by atoms with E-state index in [1.807, 2.05) is 50.2 Å². The Morgan fingerprint density at radius 3 is 2.37 bits per heavy atom. The van der Waals surface area contributed by atoms with Crippen LogP contribution in [-0.2, 0) is 33.1 Å². The second-order valence-corrected chi connectivity index (χ2v) is 10.7. The van der Waals surface area contributed by atoms with E-state index in [0.717, 1.165) is 11.3 Å². The van der Waals surface area contributed by atoms with Gasteiger partial charge in [0, 0.05) is 10.6 Å². The quantitative estimate of drug-likeness (QED) is 0.260. The highest BCUT2D eigenvalue weighted by atomic mass is 35.5. The van der Waals surface area contributed by atoms with Crippen LogP contribution in [0.5, 0.6) is 0 Å². The van der Waals surface area contributed by atoms with Crippen LogP contribution in [0.25, 0.3) is 0 Å². The molecule has 1 aromatic heterocycles. The number of Topliss-reactive ketones (excluding diaryl/α,β-unsaturated/α-hetero) is 1. The largest absolute Gasteiger partial charge is 0.468 e. The van der Waals surface area contributed by atoms with Gasteiger partial charge in [0.2, 0.25) is 5.91 Å². The zero-order chi connectivity index (χ0) is 27.3. The summed E-state index contributed by atoms with van der Waals surface area (Å²) in [5.41, 5.74) is 1.59. The molecule has 2 atom stereocenters. The first kappa shape index (κ1) is 29.3. The van der Waals surface area contributed by atoms with Gasteiger partial charge in [-0.15, -0.1) is 11.8 Å². The minimum atomic E-state index is -0.865. The Morgan fingerprint density at radius 2 is 1.68 bits per heavy atom. The number of ketones is 1. The molecule has 3 rings (SSSR count). The van der Waals surface area contributed by atoms with Gasteiger partial charge in [-0.3, -0.25) is 9.59 Å². The Kier molecular flexibility index (Phi) is 11.8. The Bertz CT molecular complexity index is 1170. The van der Waals surface area contributed by atoms with E-state index in [1.54, 1.807) is 36.6 Å². The summed E-state index contributed by atoms with van der Waals surface area (Å²) in [6, 6.07) is 18.6. The molecule has 7 nitrogen and oxygen atoms in total. The first-order valence-electron chi connectivity index (χ1n) is 12.5. The van der Waals surface area contributed by atoms with Crippen LogP contribution in [0.15, 0.2) is 77.4 Å². The van der Waals surface area contributed by atoms with Crippen molar-refractivity contribution in [3.8, 4) is 0 Å². The highest BCUT2D eigenvalue weighted by Gasteiger charge is 2.28. The fourth-order valence-corrected chi connectivity index (χ4v) is 4.82. The zero-order valence-electron chi connectivity index (χ0n) is 21.5. The molecule has 2 aromatic carbocycles. The van der Waals surface area contributed by atoms with E-state index in [0.29, 0.717) is 29.2 Å². The number of thioether (sulfide) groups is 1. The topological polar surface area (TPSA) is 97.6 Å². The number of carbonyl (C=O) groups is 3. The smallest absolute Gasteiger partial charge is 0.408 e. The van der Waals surface area contributed by atoms with Crippen molar-refractivity contribution in [1.29, 1.82) is 0 Å². The van der Waals surface area contributed by atoms with E-state index in [-0.39, 0.29) is 24.1 Å². The van der Waals surface area contributed by atoms with E-state index in [2.05, 4.69) is 10.6 Å². The molecule has 1 heterocycles. The maximum Gasteiger partial charge on any atom is 0.408 e. The van der Waals surface area contributed by atoms with Crippen molar-refractivity contribution in [1.82, 2.24) is 10.6 Å². The molecule has 0 bridgehead atoms. The summed E-state index contributed by atoms with van der Waals surface area (Å²) in [6.07, 6.45) is 1.59. The summed E-state index contributed by atoms with van der Waals surface area (Å²) in [6.45, 7) is 3.88. The van der Waals surface area contributed by atoms with Crippen LogP contribution in [0, 0.1) is 5.92 Å². The maximum atomic E-state index is 13.3. The molecule has 0 saturated heterocycles. The second kappa shape index (κ2) is 15.2. The predicted octanol–water partition coefficient (Wildman–Crippen LogP) is 5.80. The minimum Gasteiger partial charge on any atom is -0.468 e. The lowest BCUT2D eigenvalue weighted by Crippen LogP contribution is -2.53. The number of alkyl carbamates (subject to hydrolysis) is 1. The van der Waals surface area contributed by atoms with Gasteiger partial charge in [-0.25, -0.2) is 4.79 Å². The Hall–Kier alpha value is -3.23. The summed E-state index contributed by atoms with van der Waals surface area (Å²) in [5.74, 6) is 1.12. The van der Waals surface area contributed by atoms with Gasteiger partial charge in [0.05, 0.1) is 23.8 Å². The fraction of sp³-hybridized carbons (Fsp3) is 0.345. The fourth-order valence-electron chi connectivity index (χ4n) is 3.76. The molecule has 2 N–H and O–H groups in total. The van der Waals surface area contributed by atoms with Gasteiger partial charge in [-0.1, -0.05) is 74.0 Å². The lowest BCUT2D eigenvalue weighted by Gasteiger charge is -2.24. The molecule has 38 heavy (non-hydrogen) atoms. The van der Waals surface area contributed by atoms with E-state index in [4.69, 9.17) is 20.8 Å². The van der Waals surface area contributed by atoms with Gasteiger partial charge in [-0.05, 0) is 42.5 Å². The van der Waals surface area contributed by atoms with E-state index in [9.17, 15) is 14.4 Å². The van der Waals surface area contributed by atoms with Gasteiger partial charge >= 0.3 is 6.09 Å². The lowest BCUT2D eigenvalue weighted by atomic mass is 10.00. The van der Waals surface area contributed by atoms with Crippen LogP contribution in [-0.4, -0.2) is 35.6 Å². The van der Waals surface area contributed by atoms with E-state index >= 15 is 0 Å². The normalized spacial score (nSPS) is 12.5. The summed E-state index contributed by atoms with van der Waals surface area (Å²) >= 11 is 7.56. The van der Waals surface area contributed by atoms with Gasteiger partial charge in [0.25, 0.3) is 0 Å². The highest BCUT2D eigenvalue weighted by Crippen LogP contribution is 2.17. The molecule has 0 aliphatic rings. The van der Waals surface area contributed by atoms with Crippen molar-refractivity contribution >= 4 is 41.1 Å². The molecule has 0 radical (unpaired) electrons. The summed E-state index contributed by atoms with van der Waals surface area (Å²) in [4.78, 5) is 39.1. The third-order valence-corrected chi connectivity index (χ3v) is 7.03. The molecular weight excluding hydrogens is 524 g/mol. The highest BCUT2D eigenvalue weighted by molar-refractivity contribution is 7.99. The molecule has 0 aliphatic carbocycles. The van der Waals surface area contributed by atoms with Crippen molar-refractivity contribution < 1.29 is 23.5 Å². The predicted molar refractivity (Wildman–Crippen MR) is 150 cm³/mol. The SMILES string of the molecule is CC(C)C[C@H](NC(=O)OCc1ccccc1Cl)C(=O)N[C@@H](Cc1ccccc1)C(=O)CSCc1ccco1.